The summed E-state index contributed by atoms with van der Waals surface area (Å²) in [6.45, 7) is 0. The zero-order valence-electron chi connectivity index (χ0n) is 7.45. The van der Waals surface area contributed by atoms with E-state index in [1.54, 1.807) is 0 Å². The van der Waals surface area contributed by atoms with E-state index >= 15 is 0 Å². The zero-order valence-corrected chi connectivity index (χ0v) is 8.26. The van der Waals surface area contributed by atoms with Crippen molar-refractivity contribution in [1.82, 2.24) is 4.98 Å². The van der Waals surface area contributed by atoms with Gasteiger partial charge in [-0.15, -0.1) is 11.3 Å². The number of aromatic nitrogens is 1. The Kier molecular flexibility index (Phi) is 3.54. The third-order valence-electron chi connectivity index (χ3n) is 1.86. The maximum atomic E-state index is 10.2. The quantitative estimate of drug-likeness (QED) is 0.487. The molecule has 2 rings (SSSR count). The van der Waals surface area contributed by atoms with Gasteiger partial charge in [0, 0.05) is 23.7 Å². The Balaban J connectivity index is 0.000000845. The standard InChI is InChI=1S/C8H9NO2S.Li/c10-8(11)3-7-9-6(4-12-7)5-1-2-5;/h4-5H,1-3H2,(H,10,11);/q;+1/p-1. The molecule has 0 spiro atoms. The van der Waals surface area contributed by atoms with Crippen molar-refractivity contribution in [2.45, 2.75) is 25.2 Å². The van der Waals surface area contributed by atoms with Crippen molar-refractivity contribution in [2.75, 3.05) is 0 Å². The predicted octanol–water partition coefficient (Wildman–Crippen LogP) is -2.68. The van der Waals surface area contributed by atoms with Gasteiger partial charge in [0.2, 0.25) is 0 Å². The van der Waals surface area contributed by atoms with Gasteiger partial charge in [-0.1, -0.05) is 0 Å². The Labute approximate surface area is 92.4 Å². The van der Waals surface area contributed by atoms with Crippen molar-refractivity contribution in [2.24, 2.45) is 0 Å². The number of carbonyl (C=O) groups excluding carboxylic acids is 1. The molecule has 64 valence electrons. The van der Waals surface area contributed by atoms with Crippen molar-refractivity contribution in [3.8, 4) is 0 Å². The monoisotopic (exact) mass is 189 g/mol. The van der Waals surface area contributed by atoms with Crippen LogP contribution >= 0.6 is 11.3 Å². The van der Waals surface area contributed by atoms with Crippen LogP contribution in [0.3, 0.4) is 0 Å². The molecule has 1 aliphatic carbocycles. The zero-order chi connectivity index (χ0) is 8.55. The predicted molar refractivity (Wildman–Crippen MR) is 42.8 cm³/mol. The Hall–Kier alpha value is -0.303. The van der Waals surface area contributed by atoms with Crippen molar-refractivity contribution in [1.29, 1.82) is 0 Å². The average molecular weight is 189 g/mol. The Morgan fingerprint density at radius 1 is 1.69 bits per heavy atom. The molecule has 0 bridgehead atoms. The number of thiazole rings is 1. The molecular weight excluding hydrogens is 181 g/mol. The average Bonchev–Trinajstić information content (AvgIpc) is 2.73. The van der Waals surface area contributed by atoms with Gasteiger partial charge in [0.15, 0.2) is 0 Å². The van der Waals surface area contributed by atoms with Gasteiger partial charge in [0.05, 0.1) is 10.7 Å². The van der Waals surface area contributed by atoms with Crippen LogP contribution < -0.4 is 24.0 Å². The Bertz CT molecular complexity index is 309. The van der Waals surface area contributed by atoms with Crippen molar-refractivity contribution in [3.05, 3.63) is 16.1 Å². The minimum absolute atomic E-state index is 0. The summed E-state index contributed by atoms with van der Waals surface area (Å²) in [5.74, 6) is -0.441. The molecular formula is C8H8LiNO2S. The van der Waals surface area contributed by atoms with Crippen molar-refractivity contribution >= 4 is 17.3 Å². The van der Waals surface area contributed by atoms with Crippen LogP contribution in [0.15, 0.2) is 5.38 Å². The number of nitrogens with zero attached hydrogens (tertiary/aromatic N) is 1. The van der Waals surface area contributed by atoms with Gasteiger partial charge in [-0.25, -0.2) is 4.98 Å². The largest absolute Gasteiger partial charge is 1.00 e. The van der Waals surface area contributed by atoms with Crippen LogP contribution in [0.25, 0.3) is 0 Å². The van der Waals surface area contributed by atoms with Crippen LogP contribution in [0.1, 0.15) is 29.5 Å². The minimum Gasteiger partial charge on any atom is -0.550 e. The molecule has 0 N–H and O–H groups in total. The third kappa shape index (κ3) is 2.84. The second-order valence-corrected chi connectivity index (χ2v) is 3.93. The maximum Gasteiger partial charge on any atom is 1.00 e. The van der Waals surface area contributed by atoms with Gasteiger partial charge >= 0.3 is 18.9 Å². The molecule has 1 saturated carbocycles. The Morgan fingerprint density at radius 2 is 2.38 bits per heavy atom. The summed E-state index contributed by atoms with van der Waals surface area (Å²) < 4.78 is 0. The summed E-state index contributed by atoms with van der Waals surface area (Å²) in [6, 6.07) is 0. The molecule has 0 aromatic carbocycles. The number of aliphatic carboxylic acids is 1. The molecule has 1 aromatic rings. The maximum absolute atomic E-state index is 10.2. The minimum atomic E-state index is -1.05. The van der Waals surface area contributed by atoms with Crippen LogP contribution in [0, 0.1) is 0 Å². The summed E-state index contributed by atoms with van der Waals surface area (Å²) in [7, 11) is 0. The molecule has 1 aromatic heterocycles. The summed E-state index contributed by atoms with van der Waals surface area (Å²) in [5.41, 5.74) is 1.07. The van der Waals surface area contributed by atoms with Crippen LogP contribution in [0.5, 0.6) is 0 Å². The first kappa shape index (κ1) is 10.8. The van der Waals surface area contributed by atoms with Gasteiger partial charge in [-0.05, 0) is 12.8 Å². The summed E-state index contributed by atoms with van der Waals surface area (Å²) in [4.78, 5) is 14.4. The number of rotatable bonds is 3. The fraction of sp³-hybridized carbons (Fsp3) is 0.500. The van der Waals surface area contributed by atoms with Gasteiger partial charge in [-0.2, -0.15) is 0 Å². The van der Waals surface area contributed by atoms with E-state index in [-0.39, 0.29) is 25.3 Å². The molecule has 0 amide bonds. The first-order valence-corrected chi connectivity index (χ1v) is 4.78. The van der Waals surface area contributed by atoms with E-state index in [2.05, 4.69) is 4.98 Å². The number of hydrogen-bond donors (Lipinski definition) is 0. The van der Waals surface area contributed by atoms with Crippen LogP contribution in [-0.2, 0) is 11.2 Å². The molecule has 0 atom stereocenters. The van der Waals surface area contributed by atoms with E-state index in [1.807, 2.05) is 5.38 Å². The fourth-order valence-corrected chi connectivity index (χ4v) is 1.96. The number of carbonyl (C=O) groups is 1. The van der Waals surface area contributed by atoms with Gasteiger partial charge in [-0.3, -0.25) is 0 Å². The summed E-state index contributed by atoms with van der Waals surface area (Å²) >= 11 is 1.41. The second-order valence-electron chi connectivity index (χ2n) is 2.99. The van der Waals surface area contributed by atoms with Gasteiger partial charge < -0.3 is 9.90 Å². The van der Waals surface area contributed by atoms with Gasteiger partial charge in [0.25, 0.3) is 0 Å². The van der Waals surface area contributed by atoms with E-state index in [9.17, 15) is 9.90 Å². The molecule has 0 saturated heterocycles. The van der Waals surface area contributed by atoms with Crippen LogP contribution in [-0.4, -0.2) is 11.0 Å². The van der Waals surface area contributed by atoms with Gasteiger partial charge in [0.1, 0.15) is 0 Å². The molecule has 1 fully saturated rings. The van der Waals surface area contributed by atoms with E-state index in [4.69, 9.17) is 0 Å². The molecule has 0 unspecified atom stereocenters. The molecule has 13 heavy (non-hydrogen) atoms. The third-order valence-corrected chi connectivity index (χ3v) is 2.73. The second kappa shape index (κ2) is 4.27. The molecule has 0 radical (unpaired) electrons. The molecule has 3 nitrogen and oxygen atoms in total. The number of carboxylic acids is 1. The van der Waals surface area contributed by atoms with E-state index in [0.29, 0.717) is 10.9 Å². The number of carboxylic acid groups (broad SMARTS) is 1. The molecule has 5 heteroatoms. The van der Waals surface area contributed by atoms with Crippen LogP contribution in [0.4, 0.5) is 0 Å². The number of hydrogen-bond acceptors (Lipinski definition) is 4. The summed E-state index contributed by atoms with van der Waals surface area (Å²) in [6.07, 6.45) is 2.36. The SMILES string of the molecule is O=C([O-])Cc1nc(C2CC2)cs1.[Li+]. The molecule has 1 aliphatic rings. The van der Waals surface area contributed by atoms with Crippen molar-refractivity contribution < 1.29 is 28.8 Å². The normalized spacial score (nSPS) is 15.1. The Morgan fingerprint density at radius 3 is 2.92 bits per heavy atom. The van der Waals surface area contributed by atoms with E-state index in [1.165, 1.54) is 24.2 Å². The van der Waals surface area contributed by atoms with Crippen LogP contribution in [0.2, 0.25) is 0 Å². The smallest absolute Gasteiger partial charge is 0.550 e. The molecule has 0 aliphatic heterocycles. The summed E-state index contributed by atoms with van der Waals surface area (Å²) in [5, 5.41) is 12.8. The first-order chi connectivity index (χ1) is 5.75. The van der Waals surface area contributed by atoms with Crippen molar-refractivity contribution in [3.63, 3.8) is 0 Å². The molecule has 1 heterocycles. The fourth-order valence-electron chi connectivity index (χ4n) is 1.10. The topological polar surface area (TPSA) is 53.0 Å². The van der Waals surface area contributed by atoms with E-state index < -0.39 is 5.97 Å². The van der Waals surface area contributed by atoms with E-state index in [0.717, 1.165) is 5.69 Å². The first-order valence-electron chi connectivity index (χ1n) is 3.90.